The summed E-state index contributed by atoms with van der Waals surface area (Å²) in [5, 5.41) is 7.18. The van der Waals surface area contributed by atoms with Crippen LogP contribution in [0.5, 0.6) is 0 Å². The summed E-state index contributed by atoms with van der Waals surface area (Å²) < 4.78 is 11.5. The lowest BCUT2D eigenvalue weighted by molar-refractivity contribution is -0.126. The molecule has 2 heterocycles. The minimum Gasteiger partial charge on any atom is -0.461 e. The molecule has 0 unspecified atom stereocenters. The predicted octanol–water partition coefficient (Wildman–Crippen LogP) is 2.25. The fourth-order valence-electron chi connectivity index (χ4n) is 3.98. The van der Waals surface area contributed by atoms with E-state index in [0.29, 0.717) is 25.3 Å². The number of nitrogens with zero attached hydrogens (tertiary/aromatic N) is 3. The fraction of sp³-hybridized carbons (Fsp3) is 0.478. The fourth-order valence-corrected chi connectivity index (χ4v) is 3.98. The molecule has 0 saturated heterocycles. The van der Waals surface area contributed by atoms with E-state index in [-0.39, 0.29) is 30.4 Å². The molecule has 172 valence electrons. The van der Waals surface area contributed by atoms with Crippen LogP contribution in [0.25, 0.3) is 0 Å². The van der Waals surface area contributed by atoms with Gasteiger partial charge in [0.2, 0.25) is 5.91 Å². The third-order valence-electron chi connectivity index (χ3n) is 5.40. The summed E-state index contributed by atoms with van der Waals surface area (Å²) in [5.41, 5.74) is 1.59. The van der Waals surface area contributed by atoms with Gasteiger partial charge in [-0.15, -0.1) is 0 Å². The van der Waals surface area contributed by atoms with Crippen LogP contribution in [0.1, 0.15) is 52.4 Å². The van der Waals surface area contributed by atoms with Crippen molar-refractivity contribution in [2.75, 3.05) is 31.8 Å². The highest BCUT2D eigenvalue weighted by Crippen LogP contribution is 2.34. The highest BCUT2D eigenvalue weighted by atomic mass is 16.5. The number of esters is 1. The molecule has 0 saturated carbocycles. The molecule has 1 atom stereocenters. The Bertz CT molecular complexity index is 1010. The number of amides is 2. The number of anilines is 1. The van der Waals surface area contributed by atoms with Gasteiger partial charge in [-0.05, 0) is 57.4 Å². The number of rotatable bonds is 8. The molecule has 2 amide bonds. The zero-order valence-electron chi connectivity index (χ0n) is 19.2. The summed E-state index contributed by atoms with van der Waals surface area (Å²) in [6.45, 7) is 8.52. The summed E-state index contributed by atoms with van der Waals surface area (Å²) in [6, 6.07) is 7.18. The van der Waals surface area contributed by atoms with Crippen molar-refractivity contribution in [3.63, 3.8) is 0 Å². The molecule has 0 aliphatic carbocycles. The minimum atomic E-state index is -1.25. The smallest absolute Gasteiger partial charge is 0.358 e. The normalized spacial score (nSPS) is 17.8. The van der Waals surface area contributed by atoms with Gasteiger partial charge in [-0.25, -0.2) is 4.79 Å². The van der Waals surface area contributed by atoms with Crippen molar-refractivity contribution in [2.24, 2.45) is 0 Å². The lowest BCUT2D eigenvalue weighted by atomic mass is 9.93. The van der Waals surface area contributed by atoms with Crippen molar-refractivity contribution in [1.29, 1.82) is 0 Å². The lowest BCUT2D eigenvalue weighted by Gasteiger charge is -2.43. The number of aromatic nitrogens is 2. The van der Waals surface area contributed by atoms with Crippen molar-refractivity contribution < 1.29 is 23.9 Å². The van der Waals surface area contributed by atoms with Gasteiger partial charge >= 0.3 is 5.97 Å². The number of carbonyl (C=O) groups is 3. The number of benzene rings is 1. The monoisotopic (exact) mass is 442 g/mol. The summed E-state index contributed by atoms with van der Waals surface area (Å²) in [5.74, 6) is -1.32. The second kappa shape index (κ2) is 9.52. The Morgan fingerprint density at radius 2 is 1.88 bits per heavy atom. The summed E-state index contributed by atoms with van der Waals surface area (Å²) in [6.07, 6.45) is 0.649. The van der Waals surface area contributed by atoms with E-state index in [0.717, 1.165) is 11.1 Å². The molecule has 1 aromatic carbocycles. The molecule has 0 fully saturated rings. The third kappa shape index (κ3) is 4.52. The van der Waals surface area contributed by atoms with Crippen LogP contribution in [0.4, 0.5) is 5.69 Å². The second-order valence-electron chi connectivity index (χ2n) is 8.16. The Hall–Kier alpha value is -3.20. The van der Waals surface area contributed by atoms with Crippen molar-refractivity contribution in [2.45, 2.75) is 46.2 Å². The summed E-state index contributed by atoms with van der Waals surface area (Å²) in [7, 11) is 1.60. The first-order valence-corrected chi connectivity index (χ1v) is 10.7. The van der Waals surface area contributed by atoms with E-state index >= 15 is 0 Å². The number of hydrogen-bond acceptors (Lipinski definition) is 6. The Morgan fingerprint density at radius 3 is 2.50 bits per heavy atom. The number of methoxy groups -OCH3 is 1. The van der Waals surface area contributed by atoms with Crippen molar-refractivity contribution in [3.8, 4) is 0 Å². The highest BCUT2D eigenvalue weighted by molar-refractivity contribution is 6.12. The van der Waals surface area contributed by atoms with Crippen LogP contribution in [0.3, 0.4) is 0 Å². The third-order valence-corrected chi connectivity index (χ3v) is 5.40. The molecular weight excluding hydrogens is 412 g/mol. The predicted molar refractivity (Wildman–Crippen MR) is 119 cm³/mol. The zero-order chi connectivity index (χ0) is 23.5. The van der Waals surface area contributed by atoms with Crippen LogP contribution in [-0.4, -0.2) is 60.0 Å². The molecule has 3 rings (SSSR count). The number of hydrogen-bond donors (Lipinski definition) is 1. The first-order chi connectivity index (χ1) is 15.2. The van der Waals surface area contributed by atoms with Gasteiger partial charge in [0.15, 0.2) is 5.69 Å². The van der Waals surface area contributed by atoms with Gasteiger partial charge in [0.05, 0.1) is 13.2 Å². The van der Waals surface area contributed by atoms with Gasteiger partial charge in [-0.1, -0.05) is 6.07 Å². The number of carbonyl (C=O) groups excluding carboxylic acids is 3. The molecule has 9 nitrogen and oxygen atoms in total. The Labute approximate surface area is 187 Å². The van der Waals surface area contributed by atoms with Gasteiger partial charge in [-0.3, -0.25) is 19.2 Å². The molecule has 2 aromatic rings. The van der Waals surface area contributed by atoms with E-state index in [9.17, 15) is 14.4 Å². The van der Waals surface area contributed by atoms with E-state index in [4.69, 9.17) is 9.47 Å². The van der Waals surface area contributed by atoms with E-state index in [2.05, 4.69) is 10.4 Å². The first kappa shape index (κ1) is 23.5. The van der Waals surface area contributed by atoms with Crippen molar-refractivity contribution in [3.05, 3.63) is 46.8 Å². The number of nitrogens with one attached hydrogen (secondary N) is 1. The van der Waals surface area contributed by atoms with Crippen molar-refractivity contribution in [1.82, 2.24) is 15.1 Å². The molecule has 1 N–H and O–H groups in total. The molecule has 1 aliphatic rings. The van der Waals surface area contributed by atoms with Crippen LogP contribution in [0.2, 0.25) is 0 Å². The topological polar surface area (TPSA) is 103 Å². The quantitative estimate of drug-likeness (QED) is 0.497. The van der Waals surface area contributed by atoms with Crippen LogP contribution < -0.4 is 10.2 Å². The SMILES string of the molecule is CCOC(=O)c1cc2n(n1)C[C@@](C)(C(=O)NCCCOC)N(c1cc(C)cc(C)c1)C2=O. The van der Waals surface area contributed by atoms with Crippen LogP contribution >= 0.6 is 0 Å². The summed E-state index contributed by atoms with van der Waals surface area (Å²) in [4.78, 5) is 40.7. The Balaban J connectivity index is 2.05. The molecule has 0 radical (unpaired) electrons. The molecule has 32 heavy (non-hydrogen) atoms. The molecule has 1 aliphatic heterocycles. The summed E-state index contributed by atoms with van der Waals surface area (Å²) >= 11 is 0. The molecule has 9 heteroatoms. The number of fused-ring (bicyclic) bond motifs is 1. The second-order valence-corrected chi connectivity index (χ2v) is 8.16. The average Bonchev–Trinajstić information content (AvgIpc) is 3.14. The zero-order valence-corrected chi connectivity index (χ0v) is 19.2. The number of aryl methyl sites for hydroxylation is 2. The molecular formula is C23H30N4O5. The van der Waals surface area contributed by atoms with E-state index in [1.807, 2.05) is 32.0 Å². The lowest BCUT2D eigenvalue weighted by Crippen LogP contribution is -2.64. The maximum Gasteiger partial charge on any atom is 0.358 e. The van der Waals surface area contributed by atoms with Crippen molar-refractivity contribution >= 4 is 23.5 Å². The Morgan fingerprint density at radius 1 is 1.19 bits per heavy atom. The highest BCUT2D eigenvalue weighted by Gasteiger charge is 2.49. The first-order valence-electron chi connectivity index (χ1n) is 10.7. The molecule has 1 aromatic heterocycles. The maximum atomic E-state index is 13.6. The minimum absolute atomic E-state index is 0.0420. The van der Waals surface area contributed by atoms with Gasteiger partial charge in [0.1, 0.15) is 11.2 Å². The van der Waals surface area contributed by atoms with Crippen LogP contribution in [0.15, 0.2) is 24.3 Å². The van der Waals surface area contributed by atoms with Gasteiger partial charge in [0.25, 0.3) is 5.91 Å². The van der Waals surface area contributed by atoms with Crippen LogP contribution in [-0.2, 0) is 20.8 Å². The molecule has 0 bridgehead atoms. The van der Waals surface area contributed by atoms with Crippen LogP contribution in [0, 0.1) is 13.8 Å². The number of ether oxygens (including phenoxy) is 2. The average molecular weight is 443 g/mol. The van der Waals surface area contributed by atoms with Gasteiger partial charge in [-0.2, -0.15) is 5.10 Å². The van der Waals surface area contributed by atoms with Gasteiger partial charge < -0.3 is 14.8 Å². The van der Waals surface area contributed by atoms with E-state index in [1.54, 1.807) is 21.0 Å². The molecule has 0 spiro atoms. The largest absolute Gasteiger partial charge is 0.461 e. The van der Waals surface area contributed by atoms with E-state index in [1.165, 1.54) is 15.6 Å². The van der Waals surface area contributed by atoms with E-state index < -0.39 is 17.4 Å². The maximum absolute atomic E-state index is 13.6. The van der Waals surface area contributed by atoms with Gasteiger partial charge in [0, 0.05) is 32.0 Å². The standard InChI is InChI=1S/C23H30N4O5/c1-6-32-21(29)18-13-19-20(28)27(17-11-15(2)10-16(3)12-17)23(4,14-26(19)25-18)22(30)24-8-7-9-31-5/h10-13H,6-9,14H2,1-5H3,(H,24,30)/t23-/m0/s1. The Kier molecular flexibility index (Phi) is 6.98.